The highest BCUT2D eigenvalue weighted by Crippen LogP contribution is 2.40. The Morgan fingerprint density at radius 3 is 2.49 bits per heavy atom. The van der Waals surface area contributed by atoms with E-state index in [9.17, 15) is 32.7 Å². The van der Waals surface area contributed by atoms with Crippen LogP contribution in [0.3, 0.4) is 0 Å². The number of hydroxylamine groups is 1. The first-order valence-corrected chi connectivity index (χ1v) is 13.4. The number of benzene rings is 2. The number of ether oxygens (including phenoxy) is 1. The molecule has 0 bridgehead atoms. The first-order valence-electron chi connectivity index (χ1n) is 12.4. The molecule has 4 rings (SSSR count). The second-order valence-electron chi connectivity index (χ2n) is 9.57. The number of methoxy groups -OCH3 is 1. The SMILES string of the molecule is COc1ccc2ncc(F)c(C(O)CCC3(C(=O)NO)CCN(CCSc4cc(F)c(F)c(F)c4)CC3)c2c1. The summed E-state index contributed by atoms with van der Waals surface area (Å²) in [6, 6.07) is 6.86. The number of nitrogens with zero attached hydrogens (tertiary/aromatic N) is 2. The van der Waals surface area contributed by atoms with Gasteiger partial charge in [-0.2, -0.15) is 0 Å². The highest BCUT2D eigenvalue weighted by Gasteiger charge is 2.41. The summed E-state index contributed by atoms with van der Waals surface area (Å²) < 4.78 is 60.1. The van der Waals surface area contributed by atoms with Crippen LogP contribution in [-0.2, 0) is 4.79 Å². The smallest absolute Gasteiger partial charge is 0.249 e. The van der Waals surface area contributed by atoms with E-state index in [1.807, 2.05) is 0 Å². The Bertz CT molecular complexity index is 1310. The molecule has 7 nitrogen and oxygen atoms in total. The van der Waals surface area contributed by atoms with Crippen molar-refractivity contribution in [1.29, 1.82) is 0 Å². The Morgan fingerprint density at radius 1 is 1.15 bits per heavy atom. The highest BCUT2D eigenvalue weighted by molar-refractivity contribution is 7.99. The third-order valence-corrected chi connectivity index (χ3v) is 8.28. The molecule has 1 unspecified atom stereocenters. The van der Waals surface area contributed by atoms with E-state index < -0.39 is 40.7 Å². The molecule has 2 aromatic carbocycles. The number of aliphatic hydroxyl groups is 1. The highest BCUT2D eigenvalue weighted by atomic mass is 32.2. The molecule has 0 saturated carbocycles. The number of nitrogens with one attached hydrogen (secondary N) is 1. The number of thioether (sulfide) groups is 1. The molecule has 1 aliphatic heterocycles. The third-order valence-electron chi connectivity index (χ3n) is 7.33. The fourth-order valence-electron chi connectivity index (χ4n) is 5.01. The van der Waals surface area contributed by atoms with Gasteiger partial charge in [0.1, 0.15) is 11.6 Å². The van der Waals surface area contributed by atoms with E-state index in [0.29, 0.717) is 54.9 Å². The molecule has 1 saturated heterocycles. The molecule has 12 heteroatoms. The number of fused-ring (bicyclic) bond motifs is 1. The van der Waals surface area contributed by atoms with Crippen molar-refractivity contribution in [2.75, 3.05) is 32.5 Å². The van der Waals surface area contributed by atoms with Crippen molar-refractivity contribution in [2.45, 2.75) is 36.7 Å². The monoisotopic (exact) mass is 567 g/mol. The Hall–Kier alpha value is -2.93. The molecule has 1 aromatic heterocycles. The van der Waals surface area contributed by atoms with Crippen LogP contribution in [0, 0.1) is 28.7 Å². The van der Waals surface area contributed by atoms with Crippen molar-refractivity contribution in [3.63, 3.8) is 0 Å². The van der Waals surface area contributed by atoms with Crippen LogP contribution < -0.4 is 10.2 Å². The van der Waals surface area contributed by atoms with Gasteiger partial charge in [-0.05, 0) is 69.1 Å². The normalized spacial score (nSPS) is 16.3. The standard InChI is InChI=1S/C27H29F4N3O4S/c1-38-16-2-3-22-18(12-16)24(21(30)15-32-22)23(35)4-5-27(26(36)33-37)6-8-34(9-7-27)10-11-39-17-13-19(28)25(31)20(29)14-17/h2-3,12-15,23,35,37H,4-11H2,1H3,(H,33,36). The zero-order valence-electron chi connectivity index (χ0n) is 21.2. The fourth-order valence-corrected chi connectivity index (χ4v) is 5.97. The average Bonchev–Trinajstić information content (AvgIpc) is 2.94. The lowest BCUT2D eigenvalue weighted by molar-refractivity contribution is -0.143. The number of halogens is 4. The molecule has 1 atom stereocenters. The lowest BCUT2D eigenvalue weighted by Crippen LogP contribution is -2.48. The first kappa shape index (κ1) is 29.1. The zero-order valence-corrected chi connectivity index (χ0v) is 22.0. The summed E-state index contributed by atoms with van der Waals surface area (Å²) in [5, 5.41) is 20.8. The number of carbonyl (C=O) groups excluding carboxylic acids is 1. The Morgan fingerprint density at radius 2 is 1.85 bits per heavy atom. The quantitative estimate of drug-likeness (QED) is 0.104. The molecule has 0 spiro atoms. The van der Waals surface area contributed by atoms with Gasteiger partial charge < -0.3 is 14.7 Å². The van der Waals surface area contributed by atoms with Gasteiger partial charge in [0.25, 0.3) is 0 Å². The van der Waals surface area contributed by atoms with Gasteiger partial charge in [0, 0.05) is 28.1 Å². The fraction of sp³-hybridized carbons (Fsp3) is 0.407. The van der Waals surface area contributed by atoms with Gasteiger partial charge in [-0.1, -0.05) is 0 Å². The van der Waals surface area contributed by atoms with Crippen molar-refractivity contribution < 1.29 is 37.4 Å². The van der Waals surface area contributed by atoms with E-state index in [1.54, 1.807) is 23.7 Å². The molecule has 39 heavy (non-hydrogen) atoms. The maximum Gasteiger partial charge on any atom is 0.249 e. The summed E-state index contributed by atoms with van der Waals surface area (Å²) in [7, 11) is 1.48. The van der Waals surface area contributed by atoms with Crippen molar-refractivity contribution in [3.05, 3.63) is 65.4 Å². The first-order chi connectivity index (χ1) is 18.7. The number of hydrogen-bond donors (Lipinski definition) is 3. The summed E-state index contributed by atoms with van der Waals surface area (Å²) in [4.78, 5) is 19.2. The lowest BCUT2D eigenvalue weighted by Gasteiger charge is -2.40. The second-order valence-corrected chi connectivity index (χ2v) is 10.7. The second kappa shape index (κ2) is 12.5. The van der Waals surface area contributed by atoms with E-state index in [0.717, 1.165) is 18.3 Å². The summed E-state index contributed by atoms with van der Waals surface area (Å²) in [6.45, 7) is 1.56. The summed E-state index contributed by atoms with van der Waals surface area (Å²) in [5.41, 5.74) is 1.33. The lowest BCUT2D eigenvalue weighted by atomic mass is 9.73. The minimum absolute atomic E-state index is 0.0677. The summed E-state index contributed by atoms with van der Waals surface area (Å²) >= 11 is 1.19. The number of carbonyl (C=O) groups is 1. The molecule has 1 amide bonds. The number of aliphatic hydroxyl groups excluding tert-OH is 1. The predicted molar refractivity (Wildman–Crippen MR) is 138 cm³/mol. The molecule has 1 aliphatic rings. The Balaban J connectivity index is 1.39. The van der Waals surface area contributed by atoms with Gasteiger partial charge in [0.05, 0.1) is 30.3 Å². The number of aromatic nitrogens is 1. The van der Waals surface area contributed by atoms with Crippen LogP contribution in [0.1, 0.15) is 37.4 Å². The molecule has 1 fully saturated rings. The number of likely N-dealkylation sites (tertiary alicyclic amines) is 1. The number of piperidine rings is 1. The topological polar surface area (TPSA) is 94.9 Å². The number of pyridine rings is 1. The van der Waals surface area contributed by atoms with Gasteiger partial charge in [-0.15, -0.1) is 11.8 Å². The van der Waals surface area contributed by atoms with Crippen LogP contribution in [0.25, 0.3) is 10.9 Å². The van der Waals surface area contributed by atoms with Crippen LogP contribution in [-0.4, -0.2) is 58.6 Å². The Labute approximate surface area is 227 Å². The molecular formula is C27H29F4N3O4S. The molecule has 2 heterocycles. The summed E-state index contributed by atoms with van der Waals surface area (Å²) in [6.07, 6.45) is 0.850. The maximum absolute atomic E-state index is 14.8. The molecule has 0 aliphatic carbocycles. The zero-order chi connectivity index (χ0) is 28.2. The summed E-state index contributed by atoms with van der Waals surface area (Å²) in [5.74, 6) is -4.24. The van der Waals surface area contributed by atoms with Gasteiger partial charge in [-0.3, -0.25) is 15.0 Å². The van der Waals surface area contributed by atoms with Crippen LogP contribution >= 0.6 is 11.8 Å². The van der Waals surface area contributed by atoms with Crippen molar-refractivity contribution >= 4 is 28.6 Å². The minimum atomic E-state index is -1.50. The van der Waals surface area contributed by atoms with Gasteiger partial charge in [0.15, 0.2) is 17.5 Å². The van der Waals surface area contributed by atoms with E-state index in [1.165, 1.54) is 18.9 Å². The molecular weight excluding hydrogens is 538 g/mol. The molecule has 210 valence electrons. The predicted octanol–water partition coefficient (Wildman–Crippen LogP) is 4.99. The van der Waals surface area contributed by atoms with Gasteiger partial charge in [0.2, 0.25) is 5.91 Å². The number of rotatable bonds is 10. The van der Waals surface area contributed by atoms with Crippen molar-refractivity contribution in [2.24, 2.45) is 5.41 Å². The molecule has 3 aromatic rings. The van der Waals surface area contributed by atoms with Crippen molar-refractivity contribution in [3.8, 4) is 5.75 Å². The van der Waals surface area contributed by atoms with Crippen LogP contribution in [0.5, 0.6) is 5.75 Å². The Kier molecular flexibility index (Phi) is 9.31. The van der Waals surface area contributed by atoms with Gasteiger partial charge in [-0.25, -0.2) is 23.0 Å². The van der Waals surface area contributed by atoms with E-state index >= 15 is 0 Å². The number of amides is 1. The van der Waals surface area contributed by atoms with Crippen LogP contribution in [0.15, 0.2) is 41.4 Å². The maximum atomic E-state index is 14.8. The number of hydrogen-bond acceptors (Lipinski definition) is 7. The third kappa shape index (κ3) is 6.46. The van der Waals surface area contributed by atoms with Crippen LogP contribution in [0.4, 0.5) is 17.6 Å². The minimum Gasteiger partial charge on any atom is -0.497 e. The van der Waals surface area contributed by atoms with E-state index in [-0.39, 0.29) is 23.3 Å². The van der Waals surface area contributed by atoms with Crippen LogP contribution in [0.2, 0.25) is 0 Å². The van der Waals surface area contributed by atoms with Crippen molar-refractivity contribution in [1.82, 2.24) is 15.4 Å². The largest absolute Gasteiger partial charge is 0.497 e. The average molecular weight is 568 g/mol. The van der Waals surface area contributed by atoms with E-state index in [4.69, 9.17) is 4.74 Å². The van der Waals surface area contributed by atoms with Gasteiger partial charge >= 0.3 is 0 Å². The van der Waals surface area contributed by atoms with E-state index in [2.05, 4.69) is 9.88 Å². The molecule has 0 radical (unpaired) electrons. The molecule has 3 N–H and O–H groups in total.